The highest BCUT2D eigenvalue weighted by atomic mass is 79.9. The lowest BCUT2D eigenvalue weighted by atomic mass is 10.1. The zero-order valence-electron chi connectivity index (χ0n) is 20.6. The number of aliphatic imine (C=N–C) groups is 1. The van der Waals surface area contributed by atoms with Crippen LogP contribution in [0, 0.1) is 0 Å². The van der Waals surface area contributed by atoms with Gasteiger partial charge in [0, 0.05) is 15.7 Å². The highest BCUT2D eigenvalue weighted by Gasteiger charge is 2.23. The summed E-state index contributed by atoms with van der Waals surface area (Å²) in [6.07, 6.45) is 1.37. The van der Waals surface area contributed by atoms with Gasteiger partial charge in [0.15, 0.2) is 16.7 Å². The Hall–Kier alpha value is -3.81. The topological polar surface area (TPSA) is 143 Å². The third-order valence-corrected chi connectivity index (χ3v) is 8.13. The third kappa shape index (κ3) is 6.99. The van der Waals surface area contributed by atoms with Gasteiger partial charge in [0.25, 0.3) is 15.9 Å². The minimum atomic E-state index is -4.02. The number of anilines is 1. The lowest BCUT2D eigenvalue weighted by Crippen LogP contribution is -2.31. The molecule has 0 radical (unpaired) electrons. The molecule has 10 nitrogen and oxygen atoms in total. The van der Waals surface area contributed by atoms with Crippen molar-refractivity contribution in [3.8, 4) is 17.2 Å². The Morgan fingerprint density at radius 2 is 1.77 bits per heavy atom. The molecule has 4 rings (SSSR count). The molecule has 202 valence electrons. The summed E-state index contributed by atoms with van der Waals surface area (Å²) in [4.78, 5) is 29.0. The van der Waals surface area contributed by atoms with Gasteiger partial charge in [-0.1, -0.05) is 28.1 Å². The Bertz CT molecular complexity index is 1590. The summed E-state index contributed by atoms with van der Waals surface area (Å²) in [6, 6.07) is 15.6. The number of carbonyl (C=O) groups is 2. The van der Waals surface area contributed by atoms with Gasteiger partial charge in [-0.3, -0.25) is 9.59 Å². The number of aromatic hydroxyl groups is 1. The lowest BCUT2D eigenvalue weighted by Gasteiger charge is -2.09. The van der Waals surface area contributed by atoms with Crippen molar-refractivity contribution in [2.24, 2.45) is 4.99 Å². The molecule has 0 saturated heterocycles. The molecule has 1 aliphatic heterocycles. The molecule has 2 amide bonds. The zero-order chi connectivity index (χ0) is 28.2. The second-order valence-electron chi connectivity index (χ2n) is 8.08. The fraction of sp³-hybridized carbons (Fsp3) is 0.115. The number of sulfonamides is 1. The number of methoxy groups -OCH3 is 2. The van der Waals surface area contributed by atoms with Crippen molar-refractivity contribution in [1.82, 2.24) is 4.72 Å². The van der Waals surface area contributed by atoms with Crippen LogP contribution in [0.25, 0.3) is 6.08 Å². The lowest BCUT2D eigenvalue weighted by molar-refractivity contribution is -0.118. The van der Waals surface area contributed by atoms with Gasteiger partial charge in [-0.15, -0.1) is 0 Å². The van der Waals surface area contributed by atoms with Crippen LogP contribution in [-0.2, 0) is 26.0 Å². The smallest absolute Gasteiger partial charge is 0.286 e. The number of amides is 2. The first-order chi connectivity index (χ1) is 18.6. The fourth-order valence-electron chi connectivity index (χ4n) is 3.48. The highest BCUT2D eigenvalue weighted by molar-refractivity contribution is 9.10. The molecule has 3 N–H and O–H groups in total. The summed E-state index contributed by atoms with van der Waals surface area (Å²) in [7, 11) is -1.12. The Kier molecular flexibility index (Phi) is 8.63. The summed E-state index contributed by atoms with van der Waals surface area (Å²) in [5, 5.41) is 13.7. The van der Waals surface area contributed by atoms with Gasteiger partial charge in [-0.25, -0.2) is 13.1 Å². The average Bonchev–Trinajstić information content (AvgIpc) is 3.24. The van der Waals surface area contributed by atoms with Crippen LogP contribution in [0.5, 0.6) is 17.2 Å². The first-order valence-corrected chi connectivity index (χ1v) is 14.3. The Morgan fingerprint density at radius 1 is 1.08 bits per heavy atom. The van der Waals surface area contributed by atoms with Crippen molar-refractivity contribution in [2.45, 2.75) is 11.3 Å². The van der Waals surface area contributed by atoms with Gasteiger partial charge in [-0.05, 0) is 71.9 Å². The van der Waals surface area contributed by atoms with E-state index in [0.717, 1.165) is 11.8 Å². The minimum absolute atomic E-state index is 0.0525. The molecule has 0 aliphatic carbocycles. The molecular weight excluding hydrogens is 610 g/mol. The number of benzene rings is 3. The number of nitrogens with one attached hydrogen (secondary N) is 2. The molecular formula is C26H22BrN3O7S2. The number of carbonyl (C=O) groups excluding carboxylic acids is 2. The molecule has 3 aromatic carbocycles. The molecule has 0 spiro atoms. The molecule has 0 fully saturated rings. The third-order valence-electron chi connectivity index (χ3n) is 5.38. The summed E-state index contributed by atoms with van der Waals surface area (Å²) >= 11 is 4.45. The van der Waals surface area contributed by atoms with Crippen LogP contribution in [-0.4, -0.2) is 44.7 Å². The van der Waals surface area contributed by atoms with Gasteiger partial charge >= 0.3 is 0 Å². The van der Waals surface area contributed by atoms with E-state index in [1.54, 1.807) is 36.4 Å². The molecule has 1 aliphatic rings. The van der Waals surface area contributed by atoms with Crippen molar-refractivity contribution in [3.05, 3.63) is 81.2 Å². The van der Waals surface area contributed by atoms with Crippen LogP contribution in [0.3, 0.4) is 0 Å². The second-order valence-corrected chi connectivity index (χ2v) is 11.7. The van der Waals surface area contributed by atoms with E-state index in [0.29, 0.717) is 37.1 Å². The van der Waals surface area contributed by atoms with Crippen molar-refractivity contribution in [2.75, 3.05) is 19.5 Å². The van der Waals surface area contributed by atoms with E-state index in [9.17, 15) is 23.1 Å². The number of phenols is 1. The monoisotopic (exact) mass is 631 g/mol. The van der Waals surface area contributed by atoms with Gasteiger partial charge in [0.2, 0.25) is 5.91 Å². The molecule has 0 bridgehead atoms. The Balaban J connectivity index is 1.36. The van der Waals surface area contributed by atoms with Gasteiger partial charge < -0.3 is 19.9 Å². The molecule has 13 heteroatoms. The molecule has 0 aromatic heterocycles. The van der Waals surface area contributed by atoms with Crippen molar-refractivity contribution < 1.29 is 32.6 Å². The van der Waals surface area contributed by atoms with Crippen LogP contribution < -0.4 is 19.5 Å². The number of thioether (sulfide) groups is 1. The van der Waals surface area contributed by atoms with Crippen LogP contribution in [0.2, 0.25) is 0 Å². The van der Waals surface area contributed by atoms with E-state index in [4.69, 9.17) is 9.47 Å². The van der Waals surface area contributed by atoms with Crippen LogP contribution in [0.15, 0.2) is 79.9 Å². The maximum absolute atomic E-state index is 12.5. The zero-order valence-corrected chi connectivity index (χ0v) is 23.8. The number of halogens is 1. The maximum atomic E-state index is 12.5. The number of amidine groups is 1. The van der Waals surface area contributed by atoms with E-state index in [1.165, 1.54) is 44.6 Å². The number of nitrogens with zero attached hydrogens (tertiary/aromatic N) is 1. The predicted octanol–water partition coefficient (Wildman–Crippen LogP) is 4.30. The molecule has 0 saturated carbocycles. The van der Waals surface area contributed by atoms with Crippen molar-refractivity contribution in [1.29, 1.82) is 0 Å². The van der Waals surface area contributed by atoms with E-state index < -0.39 is 21.8 Å². The molecule has 39 heavy (non-hydrogen) atoms. The van der Waals surface area contributed by atoms with Crippen LogP contribution in [0.4, 0.5) is 5.69 Å². The van der Waals surface area contributed by atoms with Crippen LogP contribution >= 0.6 is 27.7 Å². The second kappa shape index (κ2) is 11.9. The number of hydrogen-bond donors (Lipinski definition) is 3. The highest BCUT2D eigenvalue weighted by Crippen LogP contribution is 2.37. The van der Waals surface area contributed by atoms with E-state index in [-0.39, 0.29) is 22.8 Å². The summed E-state index contributed by atoms with van der Waals surface area (Å²) < 4.78 is 37.8. The summed E-state index contributed by atoms with van der Waals surface area (Å²) in [5.41, 5.74) is 1.59. The quantitative estimate of drug-likeness (QED) is 0.310. The first kappa shape index (κ1) is 28.2. The van der Waals surface area contributed by atoms with Gasteiger partial charge in [-0.2, -0.15) is 4.99 Å². The average molecular weight is 633 g/mol. The number of hydrogen-bond acceptors (Lipinski definition) is 9. The maximum Gasteiger partial charge on any atom is 0.286 e. The molecule has 1 heterocycles. The summed E-state index contributed by atoms with van der Waals surface area (Å²) in [6.45, 7) is 0. The van der Waals surface area contributed by atoms with E-state index in [2.05, 4.69) is 31.0 Å². The number of rotatable bonds is 8. The van der Waals surface area contributed by atoms with Crippen LogP contribution in [0.1, 0.15) is 11.1 Å². The van der Waals surface area contributed by atoms with E-state index >= 15 is 0 Å². The number of phenolic OH excluding ortho intramolecular Hbond substituents is 1. The molecule has 0 atom stereocenters. The largest absolute Gasteiger partial charge is 0.504 e. The normalized spacial score (nSPS) is 14.2. The standard InChI is InChI=1S/C26H22BrN3O7S2/c1-36-19-7-9-20(10-8-19)39(34,35)30-23(31)11-15-3-5-18(6-4-15)28-26-29-25(33)22(38-26)13-16-12-17(27)14-21(37-2)24(16)32/h3-10,12-14,32H,11H2,1-2H3,(H,30,31)(H,28,29,33)/b22-13-. The van der Waals surface area contributed by atoms with Crippen molar-refractivity contribution in [3.63, 3.8) is 0 Å². The molecule has 0 unspecified atom stereocenters. The Labute approximate surface area is 237 Å². The number of ether oxygens (including phenoxy) is 2. The Morgan fingerprint density at radius 3 is 2.41 bits per heavy atom. The first-order valence-electron chi connectivity index (χ1n) is 11.2. The molecule has 3 aromatic rings. The predicted molar refractivity (Wildman–Crippen MR) is 152 cm³/mol. The summed E-state index contributed by atoms with van der Waals surface area (Å²) in [5.74, 6) is -0.489. The SMILES string of the molecule is COc1ccc(S(=O)(=O)NC(=O)Cc2ccc(NC3=NC(=O)/C(=C/c4cc(Br)cc(OC)c4O)S3)cc2)cc1. The fourth-order valence-corrected chi connectivity index (χ4v) is 5.74. The van der Waals surface area contributed by atoms with Crippen molar-refractivity contribution >= 4 is 66.5 Å². The minimum Gasteiger partial charge on any atom is -0.504 e. The van der Waals surface area contributed by atoms with Gasteiger partial charge in [0.1, 0.15) is 5.75 Å². The van der Waals surface area contributed by atoms with E-state index in [1.807, 2.05) is 0 Å². The van der Waals surface area contributed by atoms with Gasteiger partial charge in [0.05, 0.1) is 30.4 Å².